The molecular weight excluding hydrogens is 186 g/mol. The second-order valence-corrected chi connectivity index (χ2v) is 5.11. The van der Waals surface area contributed by atoms with Gasteiger partial charge in [0.2, 0.25) is 0 Å². The number of hydrogen-bond acceptors (Lipinski definition) is 3. The van der Waals surface area contributed by atoms with Crippen LogP contribution < -0.4 is 5.32 Å². The van der Waals surface area contributed by atoms with Crippen molar-refractivity contribution < 1.29 is 0 Å². The highest BCUT2D eigenvalue weighted by Gasteiger charge is 2.32. The number of rotatable bonds is 4. The zero-order valence-electron chi connectivity index (χ0n) is 10.2. The quantitative estimate of drug-likeness (QED) is 0.741. The van der Waals surface area contributed by atoms with Gasteiger partial charge in [-0.05, 0) is 59.4 Å². The first-order valence-corrected chi connectivity index (χ1v) is 6.40. The maximum atomic E-state index is 3.27. The molecule has 15 heavy (non-hydrogen) atoms. The van der Waals surface area contributed by atoms with Crippen molar-refractivity contribution in [3.8, 4) is 0 Å². The van der Waals surface area contributed by atoms with Gasteiger partial charge in [0.15, 0.2) is 0 Å². The highest BCUT2D eigenvalue weighted by molar-refractivity contribution is 4.89. The largest absolute Gasteiger partial charge is 0.320 e. The van der Waals surface area contributed by atoms with Crippen molar-refractivity contribution in [3.63, 3.8) is 0 Å². The molecule has 88 valence electrons. The Morgan fingerprint density at radius 2 is 2.07 bits per heavy atom. The van der Waals surface area contributed by atoms with E-state index in [9.17, 15) is 0 Å². The molecule has 3 heteroatoms. The molecule has 1 heterocycles. The Bertz CT molecular complexity index is 191. The molecule has 0 aromatic rings. The van der Waals surface area contributed by atoms with Gasteiger partial charge in [-0.1, -0.05) is 0 Å². The van der Waals surface area contributed by atoms with Gasteiger partial charge in [0, 0.05) is 18.6 Å². The van der Waals surface area contributed by atoms with Gasteiger partial charge in [0.25, 0.3) is 0 Å². The van der Waals surface area contributed by atoms with E-state index in [-0.39, 0.29) is 0 Å². The Kier molecular flexibility index (Phi) is 4.00. The highest BCUT2D eigenvalue weighted by atomic mass is 15.3. The van der Waals surface area contributed by atoms with Crippen LogP contribution in [0, 0.1) is 0 Å². The Morgan fingerprint density at radius 1 is 1.27 bits per heavy atom. The van der Waals surface area contributed by atoms with E-state index < -0.39 is 0 Å². The fraction of sp³-hybridized carbons (Fsp3) is 1.00. The number of hydrogen-bond donors (Lipinski definition) is 1. The minimum atomic E-state index is 0.764. The molecule has 1 unspecified atom stereocenters. The van der Waals surface area contributed by atoms with Crippen molar-refractivity contribution >= 4 is 0 Å². The number of nitrogens with one attached hydrogen (secondary N) is 1. The molecular formula is C12H25N3. The second-order valence-electron chi connectivity index (χ2n) is 5.11. The molecule has 0 aromatic heterocycles. The van der Waals surface area contributed by atoms with Crippen LogP contribution in [0.15, 0.2) is 0 Å². The molecule has 2 aliphatic rings. The fourth-order valence-corrected chi connectivity index (χ4v) is 2.60. The summed E-state index contributed by atoms with van der Waals surface area (Å²) in [4.78, 5) is 5.28. The number of nitrogens with zero attached hydrogens (tertiary/aromatic N) is 2. The Labute approximate surface area is 93.8 Å². The molecule has 0 aromatic carbocycles. The summed E-state index contributed by atoms with van der Waals surface area (Å²) in [5.74, 6) is 0. The highest BCUT2D eigenvalue weighted by Crippen LogP contribution is 2.28. The molecule has 0 spiro atoms. The van der Waals surface area contributed by atoms with Gasteiger partial charge >= 0.3 is 0 Å². The predicted octanol–water partition coefficient (Wildman–Crippen LogP) is 0.764. The smallest absolute Gasteiger partial charge is 0.0232 e. The maximum Gasteiger partial charge on any atom is 0.0232 e. The summed E-state index contributed by atoms with van der Waals surface area (Å²) in [6, 6.07) is 1.70. The van der Waals surface area contributed by atoms with Crippen LogP contribution in [0.1, 0.15) is 25.7 Å². The molecule has 1 atom stereocenters. The lowest BCUT2D eigenvalue weighted by atomic mass is 10.1. The molecule has 1 N–H and O–H groups in total. The zero-order valence-corrected chi connectivity index (χ0v) is 10.2. The summed E-state index contributed by atoms with van der Waals surface area (Å²) >= 11 is 0. The Morgan fingerprint density at radius 3 is 2.73 bits per heavy atom. The third kappa shape index (κ3) is 3.16. The lowest BCUT2D eigenvalue weighted by molar-refractivity contribution is 0.193. The lowest BCUT2D eigenvalue weighted by Gasteiger charge is -2.29. The molecule has 3 nitrogen and oxygen atoms in total. The second kappa shape index (κ2) is 5.28. The molecule has 1 aliphatic carbocycles. The van der Waals surface area contributed by atoms with E-state index >= 15 is 0 Å². The molecule has 2 rings (SSSR count). The van der Waals surface area contributed by atoms with Crippen LogP contribution in [-0.2, 0) is 0 Å². The number of likely N-dealkylation sites (N-methyl/N-ethyl adjacent to an activating group) is 1. The first kappa shape index (κ1) is 11.4. The standard InChI is InChI=1S/C12H25N3/c1-13-7-6-12-10-15(11-4-5-11)9-3-8-14(12)2/h11-13H,3-10H2,1-2H3. The molecule has 1 saturated carbocycles. The minimum absolute atomic E-state index is 0.764. The van der Waals surface area contributed by atoms with Crippen molar-refractivity contribution in [3.05, 3.63) is 0 Å². The van der Waals surface area contributed by atoms with Crippen LogP contribution in [-0.4, -0.2) is 62.2 Å². The summed E-state index contributed by atoms with van der Waals surface area (Å²) in [5.41, 5.74) is 0. The van der Waals surface area contributed by atoms with Crippen LogP contribution in [0.5, 0.6) is 0 Å². The summed E-state index contributed by atoms with van der Waals surface area (Å²) < 4.78 is 0. The normalized spacial score (nSPS) is 30.4. The van der Waals surface area contributed by atoms with E-state index in [1.54, 1.807) is 0 Å². The van der Waals surface area contributed by atoms with Crippen LogP contribution in [0.2, 0.25) is 0 Å². The summed E-state index contributed by atoms with van der Waals surface area (Å²) in [6.07, 6.45) is 5.53. The van der Waals surface area contributed by atoms with E-state index in [0.717, 1.165) is 18.6 Å². The van der Waals surface area contributed by atoms with Gasteiger partial charge in [0.1, 0.15) is 0 Å². The minimum Gasteiger partial charge on any atom is -0.320 e. The summed E-state index contributed by atoms with van der Waals surface area (Å²) in [5, 5.41) is 3.27. The van der Waals surface area contributed by atoms with Crippen LogP contribution in [0.3, 0.4) is 0 Å². The molecule has 1 aliphatic heterocycles. The summed E-state index contributed by atoms with van der Waals surface area (Å²) in [6.45, 7) is 5.04. The van der Waals surface area contributed by atoms with E-state index in [1.165, 1.54) is 45.3 Å². The molecule has 2 fully saturated rings. The zero-order chi connectivity index (χ0) is 10.7. The van der Waals surface area contributed by atoms with Crippen molar-refractivity contribution in [1.29, 1.82) is 0 Å². The average Bonchev–Trinajstić information content (AvgIpc) is 3.03. The van der Waals surface area contributed by atoms with Crippen LogP contribution in [0.4, 0.5) is 0 Å². The molecule has 0 radical (unpaired) electrons. The Hall–Kier alpha value is -0.120. The van der Waals surface area contributed by atoms with Gasteiger partial charge in [-0.15, -0.1) is 0 Å². The fourth-order valence-electron chi connectivity index (χ4n) is 2.60. The van der Waals surface area contributed by atoms with Crippen molar-refractivity contribution in [2.45, 2.75) is 37.8 Å². The van der Waals surface area contributed by atoms with Gasteiger partial charge < -0.3 is 10.2 Å². The van der Waals surface area contributed by atoms with Crippen molar-refractivity contribution in [2.75, 3.05) is 40.3 Å². The summed E-state index contributed by atoms with van der Waals surface area (Å²) in [7, 11) is 4.34. The van der Waals surface area contributed by atoms with Crippen LogP contribution in [0.25, 0.3) is 0 Å². The van der Waals surface area contributed by atoms with Gasteiger partial charge in [0.05, 0.1) is 0 Å². The monoisotopic (exact) mass is 211 g/mol. The van der Waals surface area contributed by atoms with Gasteiger partial charge in [-0.3, -0.25) is 4.90 Å². The molecule has 0 amide bonds. The van der Waals surface area contributed by atoms with Gasteiger partial charge in [-0.25, -0.2) is 0 Å². The Balaban J connectivity index is 1.86. The predicted molar refractivity (Wildman–Crippen MR) is 64.2 cm³/mol. The average molecular weight is 211 g/mol. The van der Waals surface area contributed by atoms with Gasteiger partial charge in [-0.2, -0.15) is 0 Å². The van der Waals surface area contributed by atoms with E-state index in [0.29, 0.717) is 0 Å². The molecule has 1 saturated heterocycles. The van der Waals surface area contributed by atoms with E-state index in [2.05, 4.69) is 29.2 Å². The van der Waals surface area contributed by atoms with Crippen molar-refractivity contribution in [1.82, 2.24) is 15.1 Å². The third-order valence-electron chi connectivity index (χ3n) is 3.82. The molecule has 0 bridgehead atoms. The first-order chi connectivity index (χ1) is 7.31. The lowest BCUT2D eigenvalue weighted by Crippen LogP contribution is -2.41. The first-order valence-electron chi connectivity index (χ1n) is 6.40. The third-order valence-corrected chi connectivity index (χ3v) is 3.82. The van der Waals surface area contributed by atoms with E-state index in [4.69, 9.17) is 0 Å². The van der Waals surface area contributed by atoms with Crippen LogP contribution >= 0.6 is 0 Å². The van der Waals surface area contributed by atoms with Crippen molar-refractivity contribution in [2.24, 2.45) is 0 Å². The SMILES string of the molecule is CNCCC1CN(C2CC2)CCCN1C. The maximum absolute atomic E-state index is 3.27. The van der Waals surface area contributed by atoms with E-state index in [1.807, 2.05) is 0 Å². The topological polar surface area (TPSA) is 18.5 Å².